The first-order valence-corrected chi connectivity index (χ1v) is 12.4. The number of hydrogen-bond acceptors (Lipinski definition) is 4. The van der Waals surface area contributed by atoms with E-state index >= 15 is 0 Å². The number of nitrogens with zero attached hydrogens (tertiary/aromatic N) is 1. The Bertz CT molecular complexity index is 534. The maximum atomic E-state index is 12.3. The average molecular weight is 441 g/mol. The minimum atomic E-state index is -0.353. The molecule has 1 rings (SSSR count). The second-order valence-corrected chi connectivity index (χ2v) is 10.7. The van der Waals surface area contributed by atoms with Crippen LogP contribution in [0.2, 0.25) is 0 Å². The van der Waals surface area contributed by atoms with Gasteiger partial charge in [-0.05, 0) is 55.8 Å². The van der Waals surface area contributed by atoms with E-state index in [4.69, 9.17) is 9.84 Å². The molecule has 1 atom stereocenters. The van der Waals surface area contributed by atoms with Gasteiger partial charge < -0.3 is 15.2 Å². The number of nitrogens with one attached hydrogen (secondary N) is 1. The second-order valence-electron chi connectivity index (χ2n) is 10.7. The van der Waals surface area contributed by atoms with E-state index in [9.17, 15) is 9.59 Å². The van der Waals surface area contributed by atoms with E-state index in [1.165, 1.54) is 30.6 Å². The van der Waals surface area contributed by atoms with Crippen LogP contribution in [0, 0.1) is 10.8 Å². The molecule has 0 saturated carbocycles. The minimum absolute atomic E-state index is 0.0849. The van der Waals surface area contributed by atoms with Crippen LogP contribution in [0.4, 0.5) is 4.79 Å². The summed E-state index contributed by atoms with van der Waals surface area (Å²) in [4.78, 5) is 25.7. The maximum Gasteiger partial charge on any atom is 0.324 e. The Hall–Kier alpha value is -1.14. The summed E-state index contributed by atoms with van der Waals surface area (Å²) in [6, 6.07) is -0.602. The Kier molecular flexibility index (Phi) is 12.7. The van der Waals surface area contributed by atoms with Gasteiger partial charge in [0.2, 0.25) is 0 Å². The molecule has 31 heavy (non-hydrogen) atoms. The quantitative estimate of drug-likeness (QED) is 0.224. The van der Waals surface area contributed by atoms with E-state index < -0.39 is 0 Å². The monoisotopic (exact) mass is 440 g/mol. The van der Waals surface area contributed by atoms with Gasteiger partial charge in [-0.1, -0.05) is 60.3 Å². The predicted octanol–water partition coefficient (Wildman–Crippen LogP) is 5.28. The van der Waals surface area contributed by atoms with Crippen LogP contribution in [-0.4, -0.2) is 54.4 Å². The topological polar surface area (TPSA) is 78.9 Å². The molecule has 6 nitrogen and oxygen atoms in total. The normalized spacial score (nSPS) is 17.5. The van der Waals surface area contributed by atoms with Crippen molar-refractivity contribution in [3.05, 3.63) is 0 Å². The van der Waals surface area contributed by atoms with Crippen LogP contribution in [0.3, 0.4) is 0 Å². The first-order chi connectivity index (χ1) is 14.6. The van der Waals surface area contributed by atoms with Crippen LogP contribution in [0.1, 0.15) is 105 Å². The van der Waals surface area contributed by atoms with Crippen LogP contribution in [0.5, 0.6) is 0 Å². The number of urea groups is 1. The molecule has 0 aromatic heterocycles. The number of carbonyl (C=O) groups excluding carboxylic acids is 2. The van der Waals surface area contributed by atoms with Crippen molar-refractivity contribution in [3.8, 4) is 0 Å². The molecular weight excluding hydrogens is 392 g/mol. The van der Waals surface area contributed by atoms with E-state index in [1.54, 1.807) is 0 Å². The lowest BCUT2D eigenvalue weighted by atomic mass is 9.82. The zero-order valence-electron chi connectivity index (χ0n) is 20.8. The number of unbranched alkanes of at least 4 members (excludes halogenated alkanes) is 4. The van der Waals surface area contributed by atoms with Crippen molar-refractivity contribution in [1.82, 2.24) is 10.2 Å². The first-order valence-electron chi connectivity index (χ1n) is 12.4. The van der Waals surface area contributed by atoms with E-state index in [0.717, 1.165) is 51.7 Å². The second kappa shape index (κ2) is 14.1. The molecule has 1 aliphatic rings. The first kappa shape index (κ1) is 27.9. The highest BCUT2D eigenvalue weighted by Gasteiger charge is 2.39. The fourth-order valence-corrected chi connectivity index (χ4v) is 4.24. The van der Waals surface area contributed by atoms with Gasteiger partial charge in [0.1, 0.15) is 6.04 Å². The molecule has 6 heteroatoms. The third-order valence-electron chi connectivity index (χ3n) is 6.40. The molecule has 182 valence electrons. The van der Waals surface area contributed by atoms with Gasteiger partial charge in [-0.3, -0.25) is 9.69 Å². The highest BCUT2D eigenvalue weighted by molar-refractivity contribution is 6.04. The lowest BCUT2D eigenvalue weighted by Gasteiger charge is -2.28. The van der Waals surface area contributed by atoms with Crippen LogP contribution < -0.4 is 5.32 Å². The van der Waals surface area contributed by atoms with Crippen molar-refractivity contribution < 1.29 is 19.4 Å². The predicted molar refractivity (Wildman–Crippen MR) is 126 cm³/mol. The van der Waals surface area contributed by atoms with Crippen molar-refractivity contribution in [1.29, 1.82) is 0 Å². The summed E-state index contributed by atoms with van der Waals surface area (Å²) in [6.07, 6.45) is 11.7. The zero-order valence-corrected chi connectivity index (χ0v) is 20.8. The molecule has 1 heterocycles. The summed E-state index contributed by atoms with van der Waals surface area (Å²) in [5.74, 6) is -0.0859. The van der Waals surface area contributed by atoms with Crippen molar-refractivity contribution in [2.24, 2.45) is 10.8 Å². The Morgan fingerprint density at radius 1 is 0.871 bits per heavy atom. The molecule has 1 fully saturated rings. The van der Waals surface area contributed by atoms with E-state index in [-0.39, 0.29) is 23.4 Å². The molecule has 1 saturated heterocycles. The third-order valence-corrected chi connectivity index (χ3v) is 6.40. The Morgan fingerprint density at radius 2 is 1.42 bits per heavy atom. The van der Waals surface area contributed by atoms with Gasteiger partial charge in [-0.15, -0.1) is 0 Å². The minimum Gasteiger partial charge on any atom is -0.396 e. The number of imide groups is 1. The van der Waals surface area contributed by atoms with Gasteiger partial charge in [0.05, 0.1) is 0 Å². The number of rotatable bonds is 18. The molecule has 1 aliphatic heterocycles. The molecule has 0 bridgehead atoms. The van der Waals surface area contributed by atoms with Gasteiger partial charge in [0.15, 0.2) is 0 Å². The molecule has 2 N–H and O–H groups in total. The van der Waals surface area contributed by atoms with Crippen LogP contribution in [0.25, 0.3) is 0 Å². The summed E-state index contributed by atoms with van der Waals surface area (Å²) in [7, 11) is 0. The van der Waals surface area contributed by atoms with Crippen molar-refractivity contribution >= 4 is 11.9 Å². The summed E-state index contributed by atoms with van der Waals surface area (Å²) >= 11 is 0. The molecule has 0 aromatic rings. The molecule has 0 radical (unpaired) electrons. The van der Waals surface area contributed by atoms with Crippen LogP contribution in [0.15, 0.2) is 0 Å². The summed E-state index contributed by atoms with van der Waals surface area (Å²) in [5.41, 5.74) is 0.296. The van der Waals surface area contributed by atoms with Crippen LogP contribution in [-0.2, 0) is 9.53 Å². The van der Waals surface area contributed by atoms with Crippen LogP contribution >= 0.6 is 0 Å². The Morgan fingerprint density at radius 3 is 1.94 bits per heavy atom. The molecule has 3 amide bonds. The number of aliphatic hydroxyl groups is 1. The third kappa shape index (κ3) is 11.3. The lowest BCUT2D eigenvalue weighted by molar-refractivity contribution is -0.128. The van der Waals surface area contributed by atoms with Gasteiger partial charge >= 0.3 is 6.03 Å². The molecule has 0 spiro atoms. The van der Waals surface area contributed by atoms with Crippen molar-refractivity contribution in [3.63, 3.8) is 0 Å². The largest absolute Gasteiger partial charge is 0.396 e. The summed E-state index contributed by atoms with van der Waals surface area (Å²) in [5, 5.41) is 11.6. The fraction of sp³-hybridized carbons (Fsp3) is 0.920. The summed E-state index contributed by atoms with van der Waals surface area (Å²) in [6.45, 7) is 13.2. The SMILES string of the molecule is CCC1NC(=O)N(CC(C)(C)CCCCOCCCCC(C)(C)CCCCCO)C1=O. The van der Waals surface area contributed by atoms with Gasteiger partial charge in [-0.2, -0.15) is 0 Å². The highest BCUT2D eigenvalue weighted by Crippen LogP contribution is 2.30. The number of amides is 3. The number of hydrogen-bond donors (Lipinski definition) is 2. The molecular formula is C25H48N2O4. The van der Waals surface area contributed by atoms with Gasteiger partial charge in [-0.25, -0.2) is 4.79 Å². The number of aliphatic hydroxyl groups excluding tert-OH is 1. The highest BCUT2D eigenvalue weighted by atomic mass is 16.5. The Balaban J connectivity index is 2.07. The van der Waals surface area contributed by atoms with Gasteiger partial charge in [0.25, 0.3) is 5.91 Å². The molecule has 0 aromatic carbocycles. The number of carbonyl (C=O) groups is 2. The van der Waals surface area contributed by atoms with E-state index in [2.05, 4.69) is 33.0 Å². The fourth-order valence-electron chi connectivity index (χ4n) is 4.24. The van der Waals surface area contributed by atoms with Crippen molar-refractivity contribution in [2.45, 2.75) is 111 Å². The molecule has 0 aliphatic carbocycles. The molecule has 1 unspecified atom stereocenters. The lowest BCUT2D eigenvalue weighted by Crippen LogP contribution is -2.39. The number of ether oxygens (including phenoxy) is 1. The standard InChI is InChI=1S/C25H48N2O4/c1-6-21-22(29)27(23(30)26-21)20-25(4,5)16-10-13-19-31-18-12-9-15-24(2,3)14-8-7-11-17-28/h21,28H,6-20H2,1-5H3,(H,26,30). The smallest absolute Gasteiger partial charge is 0.324 e. The zero-order chi connectivity index (χ0) is 23.3. The average Bonchev–Trinajstić information content (AvgIpc) is 2.97. The van der Waals surface area contributed by atoms with E-state index in [1.807, 2.05) is 6.92 Å². The van der Waals surface area contributed by atoms with E-state index in [0.29, 0.717) is 25.0 Å². The summed E-state index contributed by atoms with van der Waals surface area (Å²) < 4.78 is 5.82. The van der Waals surface area contributed by atoms with Gasteiger partial charge in [0, 0.05) is 26.4 Å². The maximum absolute atomic E-state index is 12.3. The van der Waals surface area contributed by atoms with Crippen molar-refractivity contribution in [2.75, 3.05) is 26.4 Å². The Labute approximate surface area is 190 Å².